The molecule has 0 bridgehead atoms. The van der Waals surface area contributed by atoms with Gasteiger partial charge in [0.1, 0.15) is 5.60 Å². The highest BCUT2D eigenvalue weighted by Gasteiger charge is 2.51. The first kappa shape index (κ1) is 7.18. The molecule has 0 aromatic carbocycles. The molecule has 1 nitrogen and oxygen atoms in total. The van der Waals surface area contributed by atoms with E-state index in [-0.39, 0.29) is 0 Å². The fraction of sp³-hybridized carbons (Fsp3) is 0.800. The Labute approximate surface area is 67.8 Å². The van der Waals surface area contributed by atoms with Gasteiger partial charge in [0.2, 0.25) is 0 Å². The van der Waals surface area contributed by atoms with Crippen LogP contribution < -0.4 is 0 Å². The second kappa shape index (κ2) is 2.25. The van der Waals surface area contributed by atoms with Gasteiger partial charge < -0.3 is 5.11 Å². The minimum absolute atomic E-state index is 0.432. The Balaban J connectivity index is 2.07. The molecule has 0 spiro atoms. The smallest absolute Gasteiger partial charge is 0.128 e. The second-order valence-electron chi connectivity index (χ2n) is 3.92. The van der Waals surface area contributed by atoms with Crippen LogP contribution in [-0.2, 0) is 0 Å². The van der Waals surface area contributed by atoms with Gasteiger partial charge in [-0.25, -0.2) is 0 Å². The summed E-state index contributed by atoms with van der Waals surface area (Å²) >= 11 is 0. The van der Waals surface area contributed by atoms with E-state index in [1.807, 2.05) is 0 Å². The highest BCUT2D eigenvalue weighted by atomic mass is 16.3. The van der Waals surface area contributed by atoms with Crippen molar-refractivity contribution in [3.63, 3.8) is 0 Å². The van der Waals surface area contributed by atoms with E-state index in [0.717, 1.165) is 18.8 Å². The van der Waals surface area contributed by atoms with Crippen molar-refractivity contribution in [1.82, 2.24) is 0 Å². The standard InChI is InChI=1S/C10H14O/c1-2-10(11)7-8-5-3-4-6-9(8)10/h1,8-9,11H,3-7H2/t8-,9-,10+/m1/s1. The van der Waals surface area contributed by atoms with E-state index in [9.17, 15) is 5.11 Å². The molecule has 0 radical (unpaired) electrons. The second-order valence-corrected chi connectivity index (χ2v) is 3.92. The Hall–Kier alpha value is -0.480. The molecule has 2 aliphatic carbocycles. The molecule has 60 valence electrons. The maximum atomic E-state index is 9.78. The Morgan fingerprint density at radius 1 is 1.36 bits per heavy atom. The molecular formula is C10H14O. The van der Waals surface area contributed by atoms with Crippen LogP contribution in [0.2, 0.25) is 0 Å². The quantitative estimate of drug-likeness (QED) is 0.519. The summed E-state index contributed by atoms with van der Waals surface area (Å²) in [6.07, 6.45) is 11.2. The highest BCUT2D eigenvalue weighted by Crippen LogP contribution is 2.51. The topological polar surface area (TPSA) is 20.2 Å². The number of fused-ring (bicyclic) bond motifs is 1. The van der Waals surface area contributed by atoms with Gasteiger partial charge in [-0.15, -0.1) is 6.42 Å². The predicted octanol–water partition coefficient (Wildman–Crippen LogP) is 1.56. The minimum Gasteiger partial charge on any atom is -0.377 e. The van der Waals surface area contributed by atoms with Crippen LogP contribution in [0.15, 0.2) is 0 Å². The molecule has 0 amide bonds. The van der Waals surface area contributed by atoms with E-state index in [0.29, 0.717) is 5.92 Å². The molecule has 2 aliphatic rings. The van der Waals surface area contributed by atoms with E-state index < -0.39 is 5.60 Å². The SMILES string of the molecule is C#C[C@]1(O)C[C@H]2CCCC[C@H]21. The van der Waals surface area contributed by atoms with Crippen LogP contribution in [0.5, 0.6) is 0 Å². The average molecular weight is 150 g/mol. The van der Waals surface area contributed by atoms with Crippen molar-refractivity contribution < 1.29 is 5.11 Å². The molecule has 0 aromatic heterocycles. The zero-order valence-electron chi connectivity index (χ0n) is 6.71. The molecular weight excluding hydrogens is 136 g/mol. The number of terminal acetylenes is 1. The summed E-state index contributed by atoms with van der Waals surface area (Å²) in [5.74, 6) is 3.70. The number of hydrogen-bond acceptors (Lipinski definition) is 1. The lowest BCUT2D eigenvalue weighted by Crippen LogP contribution is -2.54. The zero-order valence-corrected chi connectivity index (χ0v) is 6.71. The Bertz CT molecular complexity index is 203. The van der Waals surface area contributed by atoms with Gasteiger partial charge in [0.05, 0.1) is 0 Å². The van der Waals surface area contributed by atoms with Crippen LogP contribution in [-0.4, -0.2) is 10.7 Å². The number of hydrogen-bond donors (Lipinski definition) is 1. The zero-order chi connectivity index (χ0) is 7.90. The van der Waals surface area contributed by atoms with Crippen LogP contribution in [0.3, 0.4) is 0 Å². The van der Waals surface area contributed by atoms with Gasteiger partial charge in [0.15, 0.2) is 0 Å². The Morgan fingerprint density at radius 3 is 2.73 bits per heavy atom. The molecule has 2 rings (SSSR count). The van der Waals surface area contributed by atoms with E-state index in [1.165, 1.54) is 19.3 Å². The van der Waals surface area contributed by atoms with Gasteiger partial charge in [0.25, 0.3) is 0 Å². The van der Waals surface area contributed by atoms with Crippen LogP contribution in [0.4, 0.5) is 0 Å². The lowest BCUT2D eigenvalue weighted by Gasteiger charge is -2.51. The van der Waals surface area contributed by atoms with Crippen molar-refractivity contribution in [2.45, 2.75) is 37.7 Å². The predicted molar refractivity (Wildman–Crippen MR) is 43.8 cm³/mol. The van der Waals surface area contributed by atoms with Crippen molar-refractivity contribution in [1.29, 1.82) is 0 Å². The molecule has 1 heteroatoms. The Kier molecular flexibility index (Phi) is 1.47. The van der Waals surface area contributed by atoms with Crippen molar-refractivity contribution in [3.05, 3.63) is 0 Å². The largest absolute Gasteiger partial charge is 0.377 e. The molecule has 0 heterocycles. The highest BCUT2D eigenvalue weighted by molar-refractivity contribution is 5.19. The molecule has 3 atom stereocenters. The molecule has 2 fully saturated rings. The van der Waals surface area contributed by atoms with Crippen LogP contribution in [0, 0.1) is 24.2 Å². The molecule has 0 aliphatic heterocycles. The van der Waals surface area contributed by atoms with Gasteiger partial charge >= 0.3 is 0 Å². The third-order valence-corrected chi connectivity index (χ3v) is 3.35. The maximum absolute atomic E-state index is 9.78. The average Bonchev–Trinajstić information content (AvgIpc) is 2.02. The normalized spacial score (nSPS) is 48.7. The minimum atomic E-state index is -0.717. The van der Waals surface area contributed by atoms with E-state index in [2.05, 4.69) is 5.92 Å². The third kappa shape index (κ3) is 0.895. The van der Waals surface area contributed by atoms with Gasteiger partial charge in [-0.3, -0.25) is 0 Å². The lowest BCUT2D eigenvalue weighted by molar-refractivity contribution is -0.111. The van der Waals surface area contributed by atoms with Crippen molar-refractivity contribution in [2.75, 3.05) is 0 Å². The summed E-state index contributed by atoms with van der Waals surface area (Å²) < 4.78 is 0. The maximum Gasteiger partial charge on any atom is 0.128 e. The molecule has 2 saturated carbocycles. The summed E-state index contributed by atoms with van der Waals surface area (Å²) in [7, 11) is 0. The van der Waals surface area contributed by atoms with Crippen molar-refractivity contribution in [3.8, 4) is 12.3 Å². The molecule has 0 saturated heterocycles. The van der Waals surface area contributed by atoms with Gasteiger partial charge in [0, 0.05) is 5.92 Å². The van der Waals surface area contributed by atoms with Gasteiger partial charge in [-0.2, -0.15) is 0 Å². The van der Waals surface area contributed by atoms with Crippen LogP contribution in [0.1, 0.15) is 32.1 Å². The Morgan fingerprint density at radius 2 is 2.09 bits per heavy atom. The molecule has 0 unspecified atom stereocenters. The third-order valence-electron chi connectivity index (χ3n) is 3.35. The monoisotopic (exact) mass is 150 g/mol. The van der Waals surface area contributed by atoms with Gasteiger partial charge in [-0.05, 0) is 25.2 Å². The van der Waals surface area contributed by atoms with Crippen LogP contribution >= 0.6 is 0 Å². The van der Waals surface area contributed by atoms with E-state index >= 15 is 0 Å². The fourth-order valence-corrected chi connectivity index (χ4v) is 2.64. The first-order valence-corrected chi connectivity index (χ1v) is 4.46. The number of aliphatic hydroxyl groups is 1. The van der Waals surface area contributed by atoms with Crippen molar-refractivity contribution >= 4 is 0 Å². The molecule has 11 heavy (non-hydrogen) atoms. The first-order valence-electron chi connectivity index (χ1n) is 4.46. The summed E-state index contributed by atoms with van der Waals surface area (Å²) in [6.45, 7) is 0. The molecule has 0 aromatic rings. The van der Waals surface area contributed by atoms with E-state index in [1.54, 1.807) is 0 Å². The summed E-state index contributed by atoms with van der Waals surface area (Å²) in [5, 5.41) is 9.78. The lowest BCUT2D eigenvalue weighted by atomic mass is 9.56. The van der Waals surface area contributed by atoms with E-state index in [4.69, 9.17) is 6.42 Å². The van der Waals surface area contributed by atoms with Crippen molar-refractivity contribution in [2.24, 2.45) is 11.8 Å². The fourth-order valence-electron chi connectivity index (χ4n) is 2.64. The number of rotatable bonds is 0. The summed E-state index contributed by atoms with van der Waals surface area (Å²) in [5.41, 5.74) is -0.717. The van der Waals surface area contributed by atoms with Crippen LogP contribution in [0.25, 0.3) is 0 Å². The summed E-state index contributed by atoms with van der Waals surface area (Å²) in [4.78, 5) is 0. The first-order chi connectivity index (χ1) is 5.26. The summed E-state index contributed by atoms with van der Waals surface area (Å²) in [6, 6.07) is 0. The molecule has 1 N–H and O–H groups in total. The van der Waals surface area contributed by atoms with Gasteiger partial charge in [-0.1, -0.05) is 18.8 Å².